The topological polar surface area (TPSA) is 64.1 Å². The monoisotopic (exact) mass is 221 g/mol. The van der Waals surface area contributed by atoms with Crippen molar-refractivity contribution in [3.05, 3.63) is 24.3 Å². The number of hydrogen-bond donors (Lipinski definition) is 1. The van der Waals surface area contributed by atoms with Crippen LogP contribution in [0.5, 0.6) is 0 Å². The third kappa shape index (κ3) is 3.08. The molecule has 1 saturated heterocycles. The first kappa shape index (κ1) is 11.2. The largest absolute Gasteiger partial charge is 0.372 e. The van der Waals surface area contributed by atoms with Gasteiger partial charge in [-0.3, -0.25) is 9.78 Å². The van der Waals surface area contributed by atoms with Crippen molar-refractivity contribution in [3.8, 4) is 0 Å². The average molecular weight is 221 g/mol. The highest BCUT2D eigenvalue weighted by Crippen LogP contribution is 2.05. The zero-order valence-corrected chi connectivity index (χ0v) is 9.06. The lowest BCUT2D eigenvalue weighted by atomic mass is 10.2. The highest BCUT2D eigenvalue weighted by molar-refractivity contribution is 5.94. The van der Waals surface area contributed by atoms with Gasteiger partial charge in [-0.2, -0.15) is 0 Å². The van der Waals surface area contributed by atoms with Gasteiger partial charge in [0.25, 0.3) is 0 Å². The van der Waals surface area contributed by atoms with Gasteiger partial charge in [-0.25, -0.2) is 4.98 Å². The van der Waals surface area contributed by atoms with E-state index in [1.165, 1.54) is 18.8 Å². The van der Waals surface area contributed by atoms with E-state index in [1.807, 2.05) is 0 Å². The first-order valence-electron chi connectivity index (χ1n) is 5.46. The Kier molecular flexibility index (Phi) is 3.96. The minimum absolute atomic E-state index is 0.0802. The van der Waals surface area contributed by atoms with Gasteiger partial charge >= 0.3 is 0 Å². The number of carbonyl (C=O) groups excluding carboxylic acids is 1. The van der Waals surface area contributed by atoms with Crippen LogP contribution in [0.25, 0.3) is 0 Å². The van der Waals surface area contributed by atoms with E-state index in [0.29, 0.717) is 18.3 Å². The number of rotatable bonds is 5. The van der Waals surface area contributed by atoms with Gasteiger partial charge in [0.15, 0.2) is 0 Å². The zero-order chi connectivity index (χ0) is 11.2. The van der Waals surface area contributed by atoms with E-state index in [2.05, 4.69) is 15.3 Å². The van der Waals surface area contributed by atoms with Crippen LogP contribution in [0.2, 0.25) is 0 Å². The quantitative estimate of drug-likeness (QED) is 0.730. The minimum atomic E-state index is -0.119. The minimum Gasteiger partial charge on any atom is -0.372 e. The molecule has 0 aliphatic carbocycles. The van der Waals surface area contributed by atoms with Crippen LogP contribution in [-0.4, -0.2) is 41.6 Å². The molecule has 2 heterocycles. The maximum Gasteiger partial charge on any atom is 0.208 e. The van der Waals surface area contributed by atoms with Crippen LogP contribution in [0.4, 0.5) is 0 Å². The fourth-order valence-corrected chi connectivity index (χ4v) is 1.71. The standard InChI is InChI=1S/C11H15N3O2/c15-11(10-6-12-4-5-14-10)8-16-7-9-2-1-3-13-9/h4-6,9,13H,1-3,7-8H2/t9-/m0/s1. The van der Waals surface area contributed by atoms with Gasteiger partial charge in [0.05, 0.1) is 12.8 Å². The molecule has 1 N–H and O–H groups in total. The lowest BCUT2D eigenvalue weighted by molar-refractivity contribution is 0.0718. The fourth-order valence-electron chi connectivity index (χ4n) is 1.71. The van der Waals surface area contributed by atoms with Crippen molar-refractivity contribution in [2.75, 3.05) is 19.8 Å². The molecule has 5 heteroatoms. The van der Waals surface area contributed by atoms with E-state index in [9.17, 15) is 4.79 Å². The summed E-state index contributed by atoms with van der Waals surface area (Å²) in [6.07, 6.45) is 6.82. The van der Waals surface area contributed by atoms with Crippen LogP contribution in [0.3, 0.4) is 0 Å². The Labute approximate surface area is 94.2 Å². The van der Waals surface area contributed by atoms with Crippen LogP contribution >= 0.6 is 0 Å². The lowest BCUT2D eigenvalue weighted by Gasteiger charge is -2.09. The van der Waals surface area contributed by atoms with E-state index in [1.54, 1.807) is 6.20 Å². The van der Waals surface area contributed by atoms with E-state index in [-0.39, 0.29) is 12.4 Å². The van der Waals surface area contributed by atoms with Gasteiger partial charge in [-0.1, -0.05) is 0 Å². The number of nitrogens with one attached hydrogen (secondary N) is 1. The Morgan fingerprint density at radius 2 is 2.50 bits per heavy atom. The Morgan fingerprint density at radius 1 is 1.56 bits per heavy atom. The molecule has 0 unspecified atom stereocenters. The maximum atomic E-state index is 11.6. The third-order valence-electron chi connectivity index (χ3n) is 2.56. The number of nitrogens with zero attached hydrogens (tertiary/aromatic N) is 2. The summed E-state index contributed by atoms with van der Waals surface area (Å²) >= 11 is 0. The van der Waals surface area contributed by atoms with Gasteiger partial charge in [-0.05, 0) is 19.4 Å². The summed E-state index contributed by atoms with van der Waals surface area (Å²) in [6, 6.07) is 0.398. The molecule has 0 amide bonds. The van der Waals surface area contributed by atoms with E-state index in [4.69, 9.17) is 4.74 Å². The van der Waals surface area contributed by atoms with Crippen molar-refractivity contribution in [3.63, 3.8) is 0 Å². The molecule has 0 bridgehead atoms. The van der Waals surface area contributed by atoms with Crippen molar-refractivity contribution in [2.24, 2.45) is 0 Å². The van der Waals surface area contributed by atoms with Gasteiger partial charge < -0.3 is 10.1 Å². The molecule has 0 radical (unpaired) electrons. The lowest BCUT2D eigenvalue weighted by Crippen LogP contribution is -2.28. The van der Waals surface area contributed by atoms with E-state index < -0.39 is 0 Å². The Morgan fingerprint density at radius 3 is 3.19 bits per heavy atom. The molecule has 1 atom stereocenters. The number of ketones is 1. The predicted molar refractivity (Wildman–Crippen MR) is 58.2 cm³/mol. The molecular formula is C11H15N3O2. The molecule has 5 nitrogen and oxygen atoms in total. The molecule has 0 spiro atoms. The molecule has 1 aromatic rings. The number of hydrogen-bond acceptors (Lipinski definition) is 5. The average Bonchev–Trinajstić information content (AvgIpc) is 2.83. The molecule has 1 aliphatic heterocycles. The number of Topliss-reactive ketones (excluding diaryl/α,β-unsaturated/α-hetero) is 1. The van der Waals surface area contributed by atoms with Gasteiger partial charge in [-0.15, -0.1) is 0 Å². The maximum absolute atomic E-state index is 11.6. The van der Waals surface area contributed by atoms with Crippen molar-refractivity contribution in [2.45, 2.75) is 18.9 Å². The molecule has 2 rings (SSSR count). The molecule has 86 valence electrons. The fraction of sp³-hybridized carbons (Fsp3) is 0.545. The van der Waals surface area contributed by atoms with Crippen molar-refractivity contribution >= 4 is 5.78 Å². The normalized spacial score (nSPS) is 19.9. The number of aromatic nitrogens is 2. The van der Waals surface area contributed by atoms with E-state index in [0.717, 1.165) is 13.0 Å². The van der Waals surface area contributed by atoms with Crippen LogP contribution in [-0.2, 0) is 4.74 Å². The number of ether oxygens (including phenoxy) is 1. The Hall–Kier alpha value is -1.33. The van der Waals surface area contributed by atoms with Crippen LogP contribution in [0.15, 0.2) is 18.6 Å². The second-order valence-electron chi connectivity index (χ2n) is 3.82. The van der Waals surface area contributed by atoms with Crippen molar-refractivity contribution in [1.29, 1.82) is 0 Å². The molecule has 1 fully saturated rings. The highest BCUT2D eigenvalue weighted by Gasteiger charge is 2.15. The smallest absolute Gasteiger partial charge is 0.208 e. The zero-order valence-electron chi connectivity index (χ0n) is 9.06. The second kappa shape index (κ2) is 5.67. The molecule has 16 heavy (non-hydrogen) atoms. The predicted octanol–water partition coefficient (Wildman–Crippen LogP) is 0.428. The van der Waals surface area contributed by atoms with Gasteiger partial charge in [0, 0.05) is 18.4 Å². The SMILES string of the molecule is O=C(COC[C@@H]1CCCN1)c1cnccn1. The molecular weight excluding hydrogens is 206 g/mol. The third-order valence-corrected chi connectivity index (χ3v) is 2.56. The highest BCUT2D eigenvalue weighted by atomic mass is 16.5. The summed E-state index contributed by atoms with van der Waals surface area (Å²) in [5.74, 6) is -0.119. The van der Waals surface area contributed by atoms with Crippen molar-refractivity contribution in [1.82, 2.24) is 15.3 Å². The summed E-state index contributed by atoms with van der Waals surface area (Å²) in [4.78, 5) is 19.3. The molecule has 0 saturated carbocycles. The first-order valence-corrected chi connectivity index (χ1v) is 5.46. The number of carbonyl (C=O) groups is 1. The van der Waals surface area contributed by atoms with Gasteiger partial charge in [0.1, 0.15) is 12.3 Å². The summed E-state index contributed by atoms with van der Waals surface area (Å²) in [5, 5.41) is 3.31. The molecule has 1 aromatic heterocycles. The Bertz CT molecular complexity index is 336. The second-order valence-corrected chi connectivity index (χ2v) is 3.82. The Balaban J connectivity index is 1.71. The summed E-state index contributed by atoms with van der Waals surface area (Å²) in [5.41, 5.74) is 0.363. The van der Waals surface area contributed by atoms with Gasteiger partial charge in [0.2, 0.25) is 5.78 Å². The molecule has 0 aromatic carbocycles. The summed E-state index contributed by atoms with van der Waals surface area (Å²) < 4.78 is 5.35. The van der Waals surface area contributed by atoms with Crippen LogP contribution in [0.1, 0.15) is 23.3 Å². The molecule has 1 aliphatic rings. The first-order chi connectivity index (χ1) is 7.86. The van der Waals surface area contributed by atoms with Crippen LogP contribution < -0.4 is 5.32 Å². The summed E-state index contributed by atoms with van der Waals surface area (Å²) in [6.45, 7) is 1.72. The van der Waals surface area contributed by atoms with Crippen molar-refractivity contribution < 1.29 is 9.53 Å². The summed E-state index contributed by atoms with van der Waals surface area (Å²) in [7, 11) is 0. The van der Waals surface area contributed by atoms with Crippen LogP contribution in [0, 0.1) is 0 Å². The van der Waals surface area contributed by atoms with E-state index >= 15 is 0 Å².